The van der Waals surface area contributed by atoms with Gasteiger partial charge in [-0.1, -0.05) is 49.4 Å². The second-order valence-corrected chi connectivity index (χ2v) is 8.59. The van der Waals surface area contributed by atoms with E-state index in [9.17, 15) is 9.59 Å². The van der Waals surface area contributed by atoms with Crippen molar-refractivity contribution in [3.63, 3.8) is 0 Å². The van der Waals surface area contributed by atoms with Crippen molar-refractivity contribution < 1.29 is 9.59 Å². The summed E-state index contributed by atoms with van der Waals surface area (Å²) in [6.07, 6.45) is 0. The second-order valence-electron chi connectivity index (χ2n) is 7.52. The first-order valence-corrected chi connectivity index (χ1v) is 11.3. The molecule has 5 nitrogen and oxygen atoms in total. The van der Waals surface area contributed by atoms with Crippen LogP contribution in [0, 0.1) is 0 Å². The molecule has 2 aromatic carbocycles. The van der Waals surface area contributed by atoms with E-state index in [1.165, 1.54) is 0 Å². The Balaban J connectivity index is 1.44. The van der Waals surface area contributed by atoms with Gasteiger partial charge in [0.25, 0.3) is 5.91 Å². The highest BCUT2D eigenvalue weighted by molar-refractivity contribution is 8.00. The molecule has 2 saturated heterocycles. The van der Waals surface area contributed by atoms with Crippen LogP contribution in [0.3, 0.4) is 0 Å². The van der Waals surface area contributed by atoms with Crippen molar-refractivity contribution in [3.05, 3.63) is 71.3 Å². The van der Waals surface area contributed by atoms with Crippen LogP contribution in [0.5, 0.6) is 0 Å². The number of hydrogen-bond donors (Lipinski definition) is 0. The van der Waals surface area contributed by atoms with Crippen molar-refractivity contribution in [2.45, 2.75) is 18.8 Å². The van der Waals surface area contributed by atoms with E-state index in [1.54, 1.807) is 11.8 Å². The number of amides is 2. The maximum atomic E-state index is 12.8. The summed E-state index contributed by atoms with van der Waals surface area (Å²) in [7, 11) is 0. The van der Waals surface area contributed by atoms with Gasteiger partial charge < -0.3 is 14.7 Å². The Morgan fingerprint density at radius 1 is 1.00 bits per heavy atom. The van der Waals surface area contributed by atoms with Crippen molar-refractivity contribution in [1.29, 1.82) is 0 Å². The van der Waals surface area contributed by atoms with Gasteiger partial charge in [-0.3, -0.25) is 9.59 Å². The lowest BCUT2D eigenvalue weighted by atomic mass is 10.1. The molecule has 29 heavy (non-hydrogen) atoms. The molecule has 0 radical (unpaired) electrons. The number of thioether (sulfide) groups is 1. The predicted octanol–water partition coefficient (Wildman–Crippen LogP) is 3.24. The van der Waals surface area contributed by atoms with Crippen molar-refractivity contribution in [1.82, 2.24) is 14.7 Å². The number of likely N-dealkylation sites (N-methyl/N-ethyl adjacent to an activating group) is 1. The monoisotopic (exact) mass is 409 g/mol. The van der Waals surface area contributed by atoms with Crippen molar-refractivity contribution in [3.8, 4) is 0 Å². The molecule has 0 N–H and O–H groups in total. The molecule has 2 aliphatic heterocycles. The number of piperazine rings is 1. The van der Waals surface area contributed by atoms with Crippen molar-refractivity contribution in [2.75, 3.05) is 38.5 Å². The lowest BCUT2D eigenvalue weighted by Gasteiger charge is -2.34. The zero-order valence-electron chi connectivity index (χ0n) is 16.8. The first kappa shape index (κ1) is 20.0. The van der Waals surface area contributed by atoms with Crippen LogP contribution in [0.15, 0.2) is 54.6 Å². The summed E-state index contributed by atoms with van der Waals surface area (Å²) in [6.45, 7) is 7.25. The van der Waals surface area contributed by atoms with Gasteiger partial charge in [0, 0.05) is 38.3 Å². The highest BCUT2D eigenvalue weighted by Crippen LogP contribution is 2.39. The summed E-state index contributed by atoms with van der Waals surface area (Å²) in [6, 6.07) is 17.9. The van der Waals surface area contributed by atoms with Crippen LogP contribution in [0.1, 0.15) is 33.8 Å². The molecule has 0 saturated carbocycles. The first-order valence-electron chi connectivity index (χ1n) is 10.2. The highest BCUT2D eigenvalue weighted by atomic mass is 32.2. The van der Waals surface area contributed by atoms with E-state index in [-0.39, 0.29) is 17.2 Å². The van der Waals surface area contributed by atoms with Gasteiger partial charge in [0.05, 0.1) is 5.75 Å². The Bertz CT molecular complexity index is 848. The molecule has 0 aromatic heterocycles. The van der Waals surface area contributed by atoms with Gasteiger partial charge in [-0.05, 0) is 29.8 Å². The molecule has 152 valence electrons. The average molecular weight is 410 g/mol. The Morgan fingerprint density at radius 3 is 2.34 bits per heavy atom. The minimum Gasteiger partial charge on any atom is -0.336 e. The third kappa shape index (κ3) is 4.49. The topological polar surface area (TPSA) is 43.9 Å². The molecule has 6 heteroatoms. The Hall–Kier alpha value is -2.31. The second kappa shape index (κ2) is 9.01. The van der Waals surface area contributed by atoms with Crippen molar-refractivity contribution in [2.24, 2.45) is 0 Å². The maximum Gasteiger partial charge on any atom is 0.253 e. The van der Waals surface area contributed by atoms with Crippen LogP contribution in [-0.4, -0.2) is 65.0 Å². The number of carbonyl (C=O) groups excluding carboxylic acids is 2. The molecule has 2 aromatic rings. The molecule has 1 atom stereocenters. The van der Waals surface area contributed by atoms with Crippen molar-refractivity contribution >= 4 is 23.6 Å². The number of carbonyl (C=O) groups is 2. The first-order chi connectivity index (χ1) is 14.2. The quantitative estimate of drug-likeness (QED) is 0.761. The molecular weight excluding hydrogens is 382 g/mol. The molecule has 2 heterocycles. The SMILES string of the molecule is CCN1CCN(C(=O)c2ccc([C@H]3SCC(=O)N3Cc3ccccc3)cc2)CC1. The zero-order chi connectivity index (χ0) is 20.2. The lowest BCUT2D eigenvalue weighted by molar-refractivity contribution is -0.128. The van der Waals surface area contributed by atoms with Gasteiger partial charge in [-0.15, -0.1) is 11.8 Å². The third-order valence-electron chi connectivity index (χ3n) is 5.71. The molecule has 2 fully saturated rings. The number of benzene rings is 2. The molecule has 0 unspecified atom stereocenters. The average Bonchev–Trinajstić information content (AvgIpc) is 3.14. The molecule has 4 rings (SSSR count). The Labute approximate surface area is 176 Å². The van der Waals surface area contributed by atoms with E-state index in [4.69, 9.17) is 0 Å². The lowest BCUT2D eigenvalue weighted by Crippen LogP contribution is -2.48. The minimum atomic E-state index is -0.0000396. The summed E-state index contributed by atoms with van der Waals surface area (Å²) in [5.41, 5.74) is 2.93. The fourth-order valence-corrected chi connectivity index (χ4v) is 5.11. The van der Waals surface area contributed by atoms with Crippen LogP contribution < -0.4 is 0 Å². The summed E-state index contributed by atoms with van der Waals surface area (Å²) in [5, 5.41) is -0.0000396. The molecule has 0 bridgehead atoms. The van der Waals surface area contributed by atoms with Crippen LogP contribution in [0.2, 0.25) is 0 Å². The fourth-order valence-electron chi connectivity index (χ4n) is 3.92. The van der Waals surface area contributed by atoms with Gasteiger partial charge in [0.2, 0.25) is 5.91 Å². The highest BCUT2D eigenvalue weighted by Gasteiger charge is 2.33. The molecule has 0 aliphatic carbocycles. The molecule has 0 spiro atoms. The van der Waals surface area contributed by atoms with Crippen LogP contribution in [0.4, 0.5) is 0 Å². The van der Waals surface area contributed by atoms with E-state index in [1.807, 2.05) is 64.4 Å². The predicted molar refractivity (Wildman–Crippen MR) is 117 cm³/mol. The van der Waals surface area contributed by atoms with Gasteiger partial charge >= 0.3 is 0 Å². The normalized spacial score (nSPS) is 20.3. The summed E-state index contributed by atoms with van der Waals surface area (Å²) in [4.78, 5) is 31.5. The summed E-state index contributed by atoms with van der Waals surface area (Å²) in [5.74, 6) is 0.765. The summed E-state index contributed by atoms with van der Waals surface area (Å²) < 4.78 is 0. The smallest absolute Gasteiger partial charge is 0.253 e. The minimum absolute atomic E-state index is 0.0000396. The molecule has 2 aliphatic rings. The van der Waals surface area contributed by atoms with Crippen LogP contribution in [0.25, 0.3) is 0 Å². The standard InChI is InChI=1S/C23H27N3O2S/c1-2-24-12-14-25(15-13-24)22(28)19-8-10-20(11-9-19)23-26(21(27)17-29-23)16-18-6-4-3-5-7-18/h3-11,23H,2,12-17H2,1H3/t23-/m1/s1. The van der Waals surface area contributed by atoms with Gasteiger partial charge in [0.1, 0.15) is 5.37 Å². The van der Waals surface area contributed by atoms with E-state index in [0.29, 0.717) is 12.3 Å². The van der Waals surface area contributed by atoms with Gasteiger partial charge in [-0.25, -0.2) is 0 Å². The molecular formula is C23H27N3O2S. The van der Waals surface area contributed by atoms with Gasteiger partial charge in [-0.2, -0.15) is 0 Å². The third-order valence-corrected chi connectivity index (χ3v) is 6.97. The van der Waals surface area contributed by atoms with Crippen LogP contribution >= 0.6 is 11.8 Å². The van der Waals surface area contributed by atoms with E-state index in [0.717, 1.165) is 49.4 Å². The largest absolute Gasteiger partial charge is 0.336 e. The van der Waals surface area contributed by atoms with Crippen LogP contribution in [-0.2, 0) is 11.3 Å². The van der Waals surface area contributed by atoms with E-state index in [2.05, 4.69) is 11.8 Å². The Morgan fingerprint density at radius 2 is 1.69 bits per heavy atom. The fraction of sp³-hybridized carbons (Fsp3) is 0.391. The maximum absolute atomic E-state index is 12.8. The Kier molecular flexibility index (Phi) is 6.21. The van der Waals surface area contributed by atoms with E-state index < -0.39 is 0 Å². The number of hydrogen-bond acceptors (Lipinski definition) is 4. The molecule has 2 amide bonds. The van der Waals surface area contributed by atoms with Gasteiger partial charge in [0.15, 0.2) is 0 Å². The number of nitrogens with zero attached hydrogens (tertiary/aromatic N) is 3. The van der Waals surface area contributed by atoms with E-state index >= 15 is 0 Å². The number of rotatable bonds is 5. The zero-order valence-corrected chi connectivity index (χ0v) is 17.6. The summed E-state index contributed by atoms with van der Waals surface area (Å²) >= 11 is 1.65.